The molecule has 2 rings (SSSR count). The van der Waals surface area contributed by atoms with Crippen LogP contribution in [0.25, 0.3) is 6.08 Å². The lowest BCUT2D eigenvalue weighted by Gasteiger charge is -2.13. The summed E-state index contributed by atoms with van der Waals surface area (Å²) in [6.45, 7) is 8.67. The molecule has 0 atom stereocenters. The SMILES string of the molecule is CCOc1ccc(/C=C2\SC(=O)N(CCNCC(C)C)C2=O)cc1. The number of amides is 2. The van der Waals surface area contributed by atoms with E-state index in [1.165, 1.54) is 4.90 Å². The van der Waals surface area contributed by atoms with E-state index in [0.717, 1.165) is 29.6 Å². The van der Waals surface area contributed by atoms with Crippen LogP contribution in [-0.4, -0.2) is 42.3 Å². The number of benzene rings is 1. The number of nitrogens with one attached hydrogen (secondary N) is 1. The van der Waals surface area contributed by atoms with Crippen molar-refractivity contribution in [3.05, 3.63) is 34.7 Å². The van der Waals surface area contributed by atoms with E-state index in [-0.39, 0.29) is 11.1 Å². The number of ether oxygens (including phenoxy) is 1. The molecule has 1 saturated heterocycles. The van der Waals surface area contributed by atoms with E-state index in [9.17, 15) is 9.59 Å². The van der Waals surface area contributed by atoms with Crippen molar-refractivity contribution < 1.29 is 14.3 Å². The third-order valence-corrected chi connectivity index (χ3v) is 4.33. The summed E-state index contributed by atoms with van der Waals surface area (Å²) in [6, 6.07) is 7.47. The topological polar surface area (TPSA) is 58.6 Å². The van der Waals surface area contributed by atoms with Gasteiger partial charge in [0.2, 0.25) is 0 Å². The fourth-order valence-electron chi connectivity index (χ4n) is 2.25. The lowest BCUT2D eigenvalue weighted by Crippen LogP contribution is -2.36. The van der Waals surface area contributed by atoms with Gasteiger partial charge in [0.1, 0.15) is 5.75 Å². The van der Waals surface area contributed by atoms with Crippen molar-refractivity contribution in [1.29, 1.82) is 0 Å². The maximum atomic E-state index is 12.4. The largest absolute Gasteiger partial charge is 0.494 e. The van der Waals surface area contributed by atoms with Crippen LogP contribution < -0.4 is 10.1 Å². The van der Waals surface area contributed by atoms with Crippen LogP contribution in [0.15, 0.2) is 29.2 Å². The summed E-state index contributed by atoms with van der Waals surface area (Å²) in [6.07, 6.45) is 1.75. The van der Waals surface area contributed by atoms with Crippen molar-refractivity contribution in [2.24, 2.45) is 5.92 Å². The van der Waals surface area contributed by atoms with E-state index in [1.54, 1.807) is 6.08 Å². The van der Waals surface area contributed by atoms with Crippen molar-refractivity contribution in [2.45, 2.75) is 20.8 Å². The first kappa shape index (κ1) is 18.5. The molecule has 0 radical (unpaired) electrons. The van der Waals surface area contributed by atoms with Gasteiger partial charge in [-0.2, -0.15) is 0 Å². The Hall–Kier alpha value is -1.79. The van der Waals surface area contributed by atoms with Crippen LogP contribution in [0.1, 0.15) is 26.3 Å². The van der Waals surface area contributed by atoms with Crippen LogP contribution >= 0.6 is 11.8 Å². The van der Waals surface area contributed by atoms with Gasteiger partial charge in [-0.1, -0.05) is 26.0 Å². The molecule has 1 N–H and O–H groups in total. The number of carbonyl (C=O) groups excluding carboxylic acids is 2. The molecule has 2 amide bonds. The van der Waals surface area contributed by atoms with Crippen LogP contribution in [0, 0.1) is 5.92 Å². The van der Waals surface area contributed by atoms with Gasteiger partial charge in [0.05, 0.1) is 11.5 Å². The number of rotatable bonds is 8. The van der Waals surface area contributed by atoms with Crippen LogP contribution in [0.2, 0.25) is 0 Å². The first-order valence-corrected chi connectivity index (χ1v) is 9.02. The fourth-order valence-corrected chi connectivity index (χ4v) is 3.12. The molecule has 130 valence electrons. The van der Waals surface area contributed by atoms with E-state index in [2.05, 4.69) is 19.2 Å². The number of nitrogens with zero attached hydrogens (tertiary/aromatic N) is 1. The molecule has 1 fully saturated rings. The Kier molecular flexibility index (Phi) is 6.87. The van der Waals surface area contributed by atoms with Gasteiger partial charge >= 0.3 is 0 Å². The Bertz CT molecular complexity index is 611. The first-order chi connectivity index (χ1) is 11.5. The second kappa shape index (κ2) is 8.89. The van der Waals surface area contributed by atoms with Crippen LogP contribution in [0.4, 0.5) is 4.79 Å². The molecule has 1 aromatic carbocycles. The highest BCUT2D eigenvalue weighted by molar-refractivity contribution is 8.18. The van der Waals surface area contributed by atoms with E-state index in [4.69, 9.17) is 4.74 Å². The van der Waals surface area contributed by atoms with Gasteiger partial charge in [0, 0.05) is 13.1 Å². The predicted molar refractivity (Wildman–Crippen MR) is 98.0 cm³/mol. The number of carbonyl (C=O) groups is 2. The maximum Gasteiger partial charge on any atom is 0.293 e. The third-order valence-electron chi connectivity index (χ3n) is 3.43. The highest BCUT2D eigenvalue weighted by Gasteiger charge is 2.34. The van der Waals surface area contributed by atoms with E-state index >= 15 is 0 Å². The van der Waals surface area contributed by atoms with E-state index in [0.29, 0.717) is 30.5 Å². The predicted octanol–water partition coefficient (Wildman–Crippen LogP) is 3.37. The second-order valence-electron chi connectivity index (χ2n) is 5.93. The first-order valence-electron chi connectivity index (χ1n) is 8.20. The molecular weight excluding hydrogens is 324 g/mol. The zero-order valence-electron chi connectivity index (χ0n) is 14.4. The Labute approximate surface area is 147 Å². The van der Waals surface area contributed by atoms with E-state index < -0.39 is 0 Å². The lowest BCUT2D eigenvalue weighted by atomic mass is 10.2. The minimum Gasteiger partial charge on any atom is -0.494 e. The summed E-state index contributed by atoms with van der Waals surface area (Å²) in [5, 5.41) is 3.04. The summed E-state index contributed by atoms with van der Waals surface area (Å²) < 4.78 is 5.40. The van der Waals surface area contributed by atoms with Crippen molar-refractivity contribution in [3.63, 3.8) is 0 Å². The molecule has 0 bridgehead atoms. The van der Waals surface area contributed by atoms with Crippen LogP contribution in [0.3, 0.4) is 0 Å². The molecule has 1 aliphatic heterocycles. The standard InChI is InChI=1S/C18H24N2O3S/c1-4-23-15-7-5-14(6-8-15)11-16-17(21)20(18(22)24-16)10-9-19-12-13(2)3/h5-8,11,13,19H,4,9-10,12H2,1-3H3/b16-11-. The molecule has 0 saturated carbocycles. The Balaban J connectivity index is 1.96. The van der Waals surface area contributed by atoms with Crippen molar-refractivity contribution in [3.8, 4) is 5.75 Å². The number of hydrogen-bond donors (Lipinski definition) is 1. The molecule has 0 unspecified atom stereocenters. The molecule has 1 heterocycles. The van der Waals surface area contributed by atoms with Crippen molar-refractivity contribution in [2.75, 3.05) is 26.2 Å². The zero-order chi connectivity index (χ0) is 17.5. The highest BCUT2D eigenvalue weighted by Crippen LogP contribution is 2.32. The van der Waals surface area contributed by atoms with Gasteiger partial charge in [-0.05, 0) is 54.9 Å². The van der Waals surface area contributed by atoms with Gasteiger partial charge < -0.3 is 10.1 Å². The average Bonchev–Trinajstić information content (AvgIpc) is 2.80. The molecule has 6 heteroatoms. The van der Waals surface area contributed by atoms with Crippen LogP contribution in [0.5, 0.6) is 5.75 Å². The molecule has 1 aromatic rings. The summed E-state index contributed by atoms with van der Waals surface area (Å²) in [5.74, 6) is 1.11. The summed E-state index contributed by atoms with van der Waals surface area (Å²) in [4.78, 5) is 26.2. The maximum absolute atomic E-state index is 12.4. The van der Waals surface area contributed by atoms with Gasteiger partial charge in [-0.3, -0.25) is 14.5 Å². The number of hydrogen-bond acceptors (Lipinski definition) is 5. The normalized spacial score (nSPS) is 16.5. The molecule has 24 heavy (non-hydrogen) atoms. The quantitative estimate of drug-likeness (QED) is 0.576. The average molecular weight is 348 g/mol. The molecule has 5 nitrogen and oxygen atoms in total. The molecule has 0 spiro atoms. The fraction of sp³-hybridized carbons (Fsp3) is 0.444. The van der Waals surface area contributed by atoms with Crippen molar-refractivity contribution >= 4 is 29.0 Å². The van der Waals surface area contributed by atoms with Gasteiger partial charge in [0.25, 0.3) is 11.1 Å². The Morgan fingerprint density at radius 3 is 2.58 bits per heavy atom. The summed E-state index contributed by atoms with van der Waals surface area (Å²) in [5.41, 5.74) is 0.877. The van der Waals surface area contributed by atoms with Crippen molar-refractivity contribution in [1.82, 2.24) is 10.2 Å². The molecule has 0 aliphatic carbocycles. The van der Waals surface area contributed by atoms with Gasteiger partial charge in [0.15, 0.2) is 0 Å². The van der Waals surface area contributed by atoms with Gasteiger partial charge in [-0.25, -0.2) is 0 Å². The van der Waals surface area contributed by atoms with E-state index in [1.807, 2.05) is 31.2 Å². The van der Waals surface area contributed by atoms with Gasteiger partial charge in [-0.15, -0.1) is 0 Å². The summed E-state index contributed by atoms with van der Waals surface area (Å²) in [7, 11) is 0. The number of thioether (sulfide) groups is 1. The number of imide groups is 1. The Morgan fingerprint density at radius 2 is 1.96 bits per heavy atom. The third kappa shape index (κ3) is 5.11. The lowest BCUT2D eigenvalue weighted by molar-refractivity contribution is -0.122. The molecule has 0 aromatic heterocycles. The second-order valence-corrected chi connectivity index (χ2v) is 6.93. The minimum atomic E-state index is -0.217. The zero-order valence-corrected chi connectivity index (χ0v) is 15.2. The molecule has 1 aliphatic rings. The monoisotopic (exact) mass is 348 g/mol. The smallest absolute Gasteiger partial charge is 0.293 e. The summed E-state index contributed by atoms with van der Waals surface area (Å²) >= 11 is 0.995. The molecular formula is C18H24N2O3S. The minimum absolute atomic E-state index is 0.205. The highest BCUT2D eigenvalue weighted by atomic mass is 32.2. The van der Waals surface area contributed by atoms with Crippen LogP contribution in [-0.2, 0) is 4.79 Å². The Morgan fingerprint density at radius 1 is 1.25 bits per heavy atom.